The first kappa shape index (κ1) is 15.8. The molecule has 1 N–H and O–H groups in total. The number of benzene rings is 1. The number of nitrogens with zero attached hydrogens (tertiary/aromatic N) is 2. The maximum absolute atomic E-state index is 11.9. The number of hydrogen-bond donors (Lipinski definition) is 1. The molecule has 1 heterocycles. The highest BCUT2D eigenvalue weighted by atomic mass is 16.2. The average molecular weight is 289 g/mol. The summed E-state index contributed by atoms with van der Waals surface area (Å²) in [5.74, 6) is 0.875. The molecule has 0 saturated carbocycles. The Morgan fingerprint density at radius 2 is 1.90 bits per heavy atom. The lowest BCUT2D eigenvalue weighted by atomic mass is 10.1. The molecule has 0 aromatic heterocycles. The number of carbonyl (C=O) groups is 1. The summed E-state index contributed by atoms with van der Waals surface area (Å²) in [6.07, 6.45) is 1.03. The van der Waals surface area contributed by atoms with Crippen molar-refractivity contribution in [3.05, 3.63) is 29.8 Å². The summed E-state index contributed by atoms with van der Waals surface area (Å²) < 4.78 is 0. The quantitative estimate of drug-likeness (QED) is 0.901. The highest BCUT2D eigenvalue weighted by Gasteiger charge is 2.18. The largest absolute Gasteiger partial charge is 0.362 e. The SMILES string of the molecule is CC(C)CNCc1ccc(N2CCCN(C)C(=O)C2)cc1. The fraction of sp³-hybridized carbons (Fsp3) is 0.588. The fourth-order valence-corrected chi connectivity index (χ4v) is 2.54. The normalized spacial score (nSPS) is 16.5. The Kier molecular flexibility index (Phi) is 5.62. The van der Waals surface area contributed by atoms with Gasteiger partial charge in [-0.1, -0.05) is 26.0 Å². The van der Waals surface area contributed by atoms with E-state index < -0.39 is 0 Å². The van der Waals surface area contributed by atoms with Gasteiger partial charge in [-0.3, -0.25) is 4.79 Å². The first-order valence-corrected chi connectivity index (χ1v) is 7.85. The van der Waals surface area contributed by atoms with Crippen LogP contribution in [-0.2, 0) is 11.3 Å². The molecule has 1 aromatic rings. The van der Waals surface area contributed by atoms with Crippen molar-refractivity contribution in [2.24, 2.45) is 5.92 Å². The molecule has 1 aliphatic heterocycles. The number of rotatable bonds is 5. The summed E-state index contributed by atoms with van der Waals surface area (Å²) in [4.78, 5) is 15.9. The molecule has 1 saturated heterocycles. The average Bonchev–Trinajstić information content (AvgIpc) is 2.62. The van der Waals surface area contributed by atoms with Gasteiger partial charge in [-0.25, -0.2) is 0 Å². The molecule has 0 spiro atoms. The van der Waals surface area contributed by atoms with Gasteiger partial charge in [-0.2, -0.15) is 0 Å². The summed E-state index contributed by atoms with van der Waals surface area (Å²) in [6, 6.07) is 8.57. The van der Waals surface area contributed by atoms with Gasteiger partial charge < -0.3 is 15.1 Å². The van der Waals surface area contributed by atoms with Crippen LogP contribution in [0.25, 0.3) is 0 Å². The van der Waals surface area contributed by atoms with Gasteiger partial charge >= 0.3 is 0 Å². The van der Waals surface area contributed by atoms with Crippen molar-refractivity contribution in [2.45, 2.75) is 26.8 Å². The minimum atomic E-state index is 0.204. The van der Waals surface area contributed by atoms with E-state index in [2.05, 4.69) is 48.3 Å². The third-order valence-corrected chi connectivity index (χ3v) is 3.86. The lowest BCUT2D eigenvalue weighted by Gasteiger charge is -2.22. The topological polar surface area (TPSA) is 35.6 Å². The van der Waals surface area contributed by atoms with Crippen LogP contribution in [0.3, 0.4) is 0 Å². The number of anilines is 1. The van der Waals surface area contributed by atoms with Crippen LogP contribution in [0, 0.1) is 5.92 Å². The number of amides is 1. The maximum Gasteiger partial charge on any atom is 0.241 e. The van der Waals surface area contributed by atoms with Gasteiger partial charge in [-0.05, 0) is 36.6 Å². The van der Waals surface area contributed by atoms with Crippen molar-refractivity contribution in [1.82, 2.24) is 10.2 Å². The molecule has 4 heteroatoms. The zero-order valence-electron chi connectivity index (χ0n) is 13.4. The van der Waals surface area contributed by atoms with Crippen LogP contribution in [-0.4, -0.2) is 44.0 Å². The van der Waals surface area contributed by atoms with Crippen LogP contribution in [0.2, 0.25) is 0 Å². The van der Waals surface area contributed by atoms with Crippen LogP contribution < -0.4 is 10.2 Å². The molecular weight excluding hydrogens is 262 g/mol. The van der Waals surface area contributed by atoms with E-state index in [4.69, 9.17) is 0 Å². The molecule has 0 unspecified atom stereocenters. The zero-order chi connectivity index (χ0) is 15.2. The summed E-state index contributed by atoms with van der Waals surface area (Å²) in [5, 5.41) is 3.45. The van der Waals surface area contributed by atoms with Crippen molar-refractivity contribution in [1.29, 1.82) is 0 Å². The summed E-state index contributed by atoms with van der Waals surface area (Å²) in [7, 11) is 1.88. The Hall–Kier alpha value is -1.55. The van der Waals surface area contributed by atoms with Gasteiger partial charge in [0.1, 0.15) is 0 Å². The predicted molar refractivity (Wildman–Crippen MR) is 87.5 cm³/mol. The van der Waals surface area contributed by atoms with Gasteiger partial charge in [0.25, 0.3) is 0 Å². The minimum Gasteiger partial charge on any atom is -0.362 e. The third-order valence-electron chi connectivity index (χ3n) is 3.86. The Morgan fingerprint density at radius 1 is 1.19 bits per heavy atom. The van der Waals surface area contributed by atoms with E-state index in [1.165, 1.54) is 5.56 Å². The van der Waals surface area contributed by atoms with E-state index in [1.807, 2.05) is 11.9 Å². The third kappa shape index (κ3) is 4.74. The van der Waals surface area contributed by atoms with Crippen LogP contribution in [0.15, 0.2) is 24.3 Å². The predicted octanol–water partition coefficient (Wildman–Crippen LogP) is 2.10. The maximum atomic E-state index is 11.9. The van der Waals surface area contributed by atoms with Crippen molar-refractivity contribution >= 4 is 11.6 Å². The van der Waals surface area contributed by atoms with Crippen molar-refractivity contribution < 1.29 is 4.79 Å². The van der Waals surface area contributed by atoms with Crippen LogP contribution in [0.5, 0.6) is 0 Å². The second kappa shape index (κ2) is 7.46. The van der Waals surface area contributed by atoms with Gasteiger partial charge in [0.2, 0.25) is 5.91 Å². The molecule has 0 bridgehead atoms. The first-order valence-electron chi connectivity index (χ1n) is 7.85. The molecule has 1 fully saturated rings. The number of nitrogens with one attached hydrogen (secondary N) is 1. The highest BCUT2D eigenvalue weighted by Crippen LogP contribution is 2.17. The lowest BCUT2D eigenvalue weighted by molar-refractivity contribution is -0.127. The van der Waals surface area contributed by atoms with E-state index >= 15 is 0 Å². The second-order valence-corrected chi connectivity index (χ2v) is 6.28. The van der Waals surface area contributed by atoms with E-state index in [-0.39, 0.29) is 5.91 Å². The molecule has 1 aliphatic rings. The fourth-order valence-electron chi connectivity index (χ4n) is 2.54. The summed E-state index contributed by atoms with van der Waals surface area (Å²) in [6.45, 7) is 8.65. The highest BCUT2D eigenvalue weighted by molar-refractivity contribution is 5.81. The van der Waals surface area contributed by atoms with Crippen LogP contribution in [0.4, 0.5) is 5.69 Å². The summed E-state index contributed by atoms with van der Waals surface area (Å²) >= 11 is 0. The first-order chi connectivity index (χ1) is 10.1. The Morgan fingerprint density at radius 3 is 2.57 bits per heavy atom. The summed E-state index contributed by atoms with van der Waals surface area (Å²) in [5.41, 5.74) is 2.43. The van der Waals surface area contributed by atoms with Crippen molar-refractivity contribution in [3.63, 3.8) is 0 Å². The number of likely N-dealkylation sites (N-methyl/N-ethyl adjacent to an activating group) is 1. The molecular formula is C17H27N3O. The molecule has 4 nitrogen and oxygen atoms in total. The smallest absolute Gasteiger partial charge is 0.241 e. The Labute approximate surface area is 128 Å². The molecule has 0 radical (unpaired) electrons. The van der Waals surface area contributed by atoms with E-state index in [0.29, 0.717) is 12.5 Å². The number of carbonyl (C=O) groups excluding carboxylic acids is 1. The zero-order valence-corrected chi connectivity index (χ0v) is 13.4. The van der Waals surface area contributed by atoms with Gasteiger partial charge in [0.05, 0.1) is 6.54 Å². The second-order valence-electron chi connectivity index (χ2n) is 6.28. The van der Waals surface area contributed by atoms with E-state index in [9.17, 15) is 4.79 Å². The van der Waals surface area contributed by atoms with E-state index in [1.54, 1.807) is 0 Å². The number of hydrogen-bond acceptors (Lipinski definition) is 3. The molecule has 21 heavy (non-hydrogen) atoms. The molecule has 0 atom stereocenters. The van der Waals surface area contributed by atoms with Gasteiger partial charge in [0.15, 0.2) is 0 Å². The molecule has 1 aromatic carbocycles. The monoisotopic (exact) mass is 289 g/mol. The standard InChI is InChI=1S/C17H27N3O/c1-14(2)11-18-12-15-5-7-16(8-6-15)20-10-4-9-19(3)17(21)13-20/h5-8,14,18H,4,9-13H2,1-3H3. The molecule has 2 rings (SSSR count). The lowest BCUT2D eigenvalue weighted by Crippen LogP contribution is -2.34. The minimum absolute atomic E-state index is 0.204. The van der Waals surface area contributed by atoms with E-state index in [0.717, 1.165) is 38.3 Å². The van der Waals surface area contributed by atoms with Gasteiger partial charge in [-0.15, -0.1) is 0 Å². The molecule has 116 valence electrons. The van der Waals surface area contributed by atoms with Crippen LogP contribution >= 0.6 is 0 Å². The Balaban J connectivity index is 1.93. The van der Waals surface area contributed by atoms with Crippen molar-refractivity contribution in [2.75, 3.05) is 38.1 Å². The molecule has 0 aliphatic carbocycles. The van der Waals surface area contributed by atoms with Gasteiger partial charge in [0, 0.05) is 32.4 Å². The molecule has 1 amide bonds. The van der Waals surface area contributed by atoms with Crippen molar-refractivity contribution in [3.8, 4) is 0 Å². The van der Waals surface area contributed by atoms with Crippen LogP contribution in [0.1, 0.15) is 25.8 Å². The Bertz CT molecular complexity index is 456.